The smallest absolute Gasteiger partial charge is 0.224 e. The molecule has 1 aromatic heterocycles. The van der Waals surface area contributed by atoms with Crippen LogP contribution in [0.4, 0.5) is 10.3 Å². The molecule has 2 aromatic rings. The van der Waals surface area contributed by atoms with Gasteiger partial charge in [-0.05, 0) is 36.6 Å². The summed E-state index contributed by atoms with van der Waals surface area (Å²) < 4.78 is 13.5. The Morgan fingerprint density at radius 1 is 1.32 bits per heavy atom. The molecule has 96 valence electrons. The SMILES string of the molecule is Cc1cc(CNc2nccc(C#N)n2)cc(C)c1F. The second-order valence-electron chi connectivity index (χ2n) is 4.27. The van der Waals surface area contributed by atoms with Crippen LogP contribution in [0.15, 0.2) is 24.4 Å². The molecule has 1 N–H and O–H groups in total. The third-order valence-corrected chi connectivity index (χ3v) is 2.72. The molecule has 0 aliphatic heterocycles. The lowest BCUT2D eigenvalue weighted by molar-refractivity contribution is 0.608. The maximum atomic E-state index is 13.5. The van der Waals surface area contributed by atoms with Crippen molar-refractivity contribution < 1.29 is 4.39 Å². The number of hydrogen-bond acceptors (Lipinski definition) is 4. The van der Waals surface area contributed by atoms with E-state index in [1.54, 1.807) is 26.0 Å². The fraction of sp³-hybridized carbons (Fsp3) is 0.214. The predicted molar refractivity (Wildman–Crippen MR) is 69.9 cm³/mol. The zero-order valence-electron chi connectivity index (χ0n) is 10.7. The lowest BCUT2D eigenvalue weighted by Gasteiger charge is -2.08. The molecular weight excluding hydrogens is 243 g/mol. The highest BCUT2D eigenvalue weighted by Gasteiger charge is 2.05. The van der Waals surface area contributed by atoms with E-state index in [-0.39, 0.29) is 5.82 Å². The zero-order chi connectivity index (χ0) is 13.8. The number of anilines is 1. The summed E-state index contributed by atoms with van der Waals surface area (Å²) in [5.41, 5.74) is 2.48. The summed E-state index contributed by atoms with van der Waals surface area (Å²) in [6, 6.07) is 7.05. The molecule has 0 atom stereocenters. The Morgan fingerprint density at radius 2 is 2.00 bits per heavy atom. The van der Waals surface area contributed by atoms with Gasteiger partial charge >= 0.3 is 0 Å². The summed E-state index contributed by atoms with van der Waals surface area (Å²) in [5.74, 6) is 0.213. The number of nitriles is 1. The third-order valence-electron chi connectivity index (χ3n) is 2.72. The number of rotatable bonds is 3. The molecule has 2 rings (SSSR count). The summed E-state index contributed by atoms with van der Waals surface area (Å²) in [4.78, 5) is 8.03. The Labute approximate surface area is 110 Å². The number of nitrogens with one attached hydrogen (secondary N) is 1. The van der Waals surface area contributed by atoms with Crippen LogP contribution in [0.2, 0.25) is 0 Å². The Bertz CT molecular complexity index is 623. The Morgan fingerprint density at radius 3 is 2.63 bits per heavy atom. The van der Waals surface area contributed by atoms with E-state index >= 15 is 0 Å². The van der Waals surface area contributed by atoms with Crippen LogP contribution in [-0.4, -0.2) is 9.97 Å². The number of halogens is 1. The lowest BCUT2D eigenvalue weighted by Crippen LogP contribution is -2.05. The van der Waals surface area contributed by atoms with Crippen molar-refractivity contribution >= 4 is 5.95 Å². The molecule has 0 saturated carbocycles. The molecule has 1 aromatic carbocycles. The Balaban J connectivity index is 2.12. The monoisotopic (exact) mass is 256 g/mol. The Hall–Kier alpha value is -2.48. The average molecular weight is 256 g/mol. The van der Waals surface area contributed by atoms with E-state index in [9.17, 15) is 4.39 Å². The highest BCUT2D eigenvalue weighted by atomic mass is 19.1. The van der Waals surface area contributed by atoms with Gasteiger partial charge in [0.15, 0.2) is 0 Å². The van der Waals surface area contributed by atoms with Gasteiger partial charge in [-0.1, -0.05) is 12.1 Å². The van der Waals surface area contributed by atoms with E-state index in [1.165, 1.54) is 12.3 Å². The number of nitrogens with zero attached hydrogens (tertiary/aromatic N) is 3. The summed E-state index contributed by atoms with van der Waals surface area (Å²) >= 11 is 0. The molecule has 0 saturated heterocycles. The predicted octanol–water partition coefficient (Wildman–Crippen LogP) is 2.72. The van der Waals surface area contributed by atoms with Crippen molar-refractivity contribution in [2.75, 3.05) is 5.32 Å². The van der Waals surface area contributed by atoms with E-state index in [2.05, 4.69) is 15.3 Å². The molecule has 19 heavy (non-hydrogen) atoms. The summed E-state index contributed by atoms with van der Waals surface area (Å²) in [6.45, 7) is 3.95. The first-order chi connectivity index (χ1) is 9.10. The van der Waals surface area contributed by atoms with Gasteiger partial charge in [0, 0.05) is 12.7 Å². The van der Waals surface area contributed by atoms with Crippen molar-refractivity contribution in [1.82, 2.24) is 9.97 Å². The van der Waals surface area contributed by atoms with E-state index in [1.807, 2.05) is 6.07 Å². The van der Waals surface area contributed by atoms with E-state index in [0.717, 1.165) is 5.56 Å². The fourth-order valence-corrected chi connectivity index (χ4v) is 1.82. The van der Waals surface area contributed by atoms with Gasteiger partial charge in [0.1, 0.15) is 17.6 Å². The fourth-order valence-electron chi connectivity index (χ4n) is 1.82. The van der Waals surface area contributed by atoms with Crippen molar-refractivity contribution in [3.05, 3.63) is 52.6 Å². The molecule has 0 bridgehead atoms. The lowest BCUT2D eigenvalue weighted by atomic mass is 10.1. The van der Waals surface area contributed by atoms with Crippen molar-refractivity contribution in [2.45, 2.75) is 20.4 Å². The van der Waals surface area contributed by atoms with Crippen LogP contribution < -0.4 is 5.32 Å². The molecule has 4 nitrogen and oxygen atoms in total. The maximum Gasteiger partial charge on any atom is 0.224 e. The highest BCUT2D eigenvalue weighted by Crippen LogP contribution is 2.15. The van der Waals surface area contributed by atoms with Crippen LogP contribution in [0.5, 0.6) is 0 Å². The van der Waals surface area contributed by atoms with Gasteiger partial charge in [0.2, 0.25) is 5.95 Å². The molecule has 1 heterocycles. The van der Waals surface area contributed by atoms with E-state index in [0.29, 0.717) is 29.3 Å². The number of hydrogen-bond donors (Lipinski definition) is 1. The zero-order valence-corrected chi connectivity index (χ0v) is 10.7. The minimum atomic E-state index is -0.175. The molecular formula is C14H13FN4. The molecule has 0 aliphatic rings. The van der Waals surface area contributed by atoms with Gasteiger partial charge in [-0.15, -0.1) is 0 Å². The number of aromatic nitrogens is 2. The Kier molecular flexibility index (Phi) is 3.71. The van der Waals surface area contributed by atoms with E-state index < -0.39 is 0 Å². The van der Waals surface area contributed by atoms with Gasteiger partial charge in [0.25, 0.3) is 0 Å². The number of aryl methyl sites for hydroxylation is 2. The van der Waals surface area contributed by atoms with Crippen molar-refractivity contribution in [3.63, 3.8) is 0 Å². The van der Waals surface area contributed by atoms with Gasteiger partial charge in [0.05, 0.1) is 0 Å². The third kappa shape index (κ3) is 3.05. The topological polar surface area (TPSA) is 61.6 Å². The van der Waals surface area contributed by atoms with Gasteiger partial charge in [-0.25, -0.2) is 14.4 Å². The van der Waals surface area contributed by atoms with Gasteiger partial charge in [-0.3, -0.25) is 0 Å². The van der Waals surface area contributed by atoms with Crippen molar-refractivity contribution in [1.29, 1.82) is 5.26 Å². The minimum Gasteiger partial charge on any atom is -0.350 e. The molecule has 0 fully saturated rings. The molecule has 0 unspecified atom stereocenters. The van der Waals surface area contributed by atoms with E-state index in [4.69, 9.17) is 5.26 Å². The van der Waals surface area contributed by atoms with Crippen LogP contribution >= 0.6 is 0 Å². The molecule has 0 spiro atoms. The largest absolute Gasteiger partial charge is 0.350 e. The molecule has 0 amide bonds. The summed E-state index contributed by atoms with van der Waals surface area (Å²) in [7, 11) is 0. The van der Waals surface area contributed by atoms with Gasteiger partial charge in [-0.2, -0.15) is 5.26 Å². The first-order valence-electron chi connectivity index (χ1n) is 5.83. The van der Waals surface area contributed by atoms with Crippen LogP contribution in [-0.2, 0) is 6.54 Å². The van der Waals surface area contributed by atoms with Crippen LogP contribution in [0.25, 0.3) is 0 Å². The first kappa shape index (κ1) is 13.0. The standard InChI is InChI=1S/C14H13FN4/c1-9-5-11(6-10(2)13(9)15)8-18-14-17-4-3-12(7-16)19-14/h3-6H,8H2,1-2H3,(H,17,18,19). The van der Waals surface area contributed by atoms with Crippen molar-refractivity contribution in [3.8, 4) is 6.07 Å². The second kappa shape index (κ2) is 5.44. The average Bonchev–Trinajstić information content (AvgIpc) is 2.42. The highest BCUT2D eigenvalue weighted by molar-refractivity contribution is 5.35. The van der Waals surface area contributed by atoms with Crippen LogP contribution in [0.1, 0.15) is 22.4 Å². The maximum absolute atomic E-state index is 13.5. The van der Waals surface area contributed by atoms with Crippen molar-refractivity contribution in [2.24, 2.45) is 0 Å². The molecule has 5 heteroatoms. The molecule has 0 aliphatic carbocycles. The van der Waals surface area contributed by atoms with Gasteiger partial charge < -0.3 is 5.32 Å². The normalized spacial score (nSPS) is 10.0. The minimum absolute atomic E-state index is 0.175. The quantitative estimate of drug-likeness (QED) is 0.917. The molecule has 0 radical (unpaired) electrons. The van der Waals surface area contributed by atoms with Crippen LogP contribution in [0, 0.1) is 31.0 Å². The number of benzene rings is 1. The second-order valence-corrected chi connectivity index (χ2v) is 4.27. The summed E-state index contributed by atoms with van der Waals surface area (Å²) in [6.07, 6.45) is 1.52. The van der Waals surface area contributed by atoms with Crippen LogP contribution in [0.3, 0.4) is 0 Å². The first-order valence-corrected chi connectivity index (χ1v) is 5.83. The summed E-state index contributed by atoms with van der Waals surface area (Å²) in [5, 5.41) is 11.8.